The Hall–Kier alpha value is -5.11. The van der Waals surface area contributed by atoms with Crippen LogP contribution in [0, 0.1) is 5.92 Å². The summed E-state index contributed by atoms with van der Waals surface area (Å²) < 4.78 is 10.6. The second-order valence-electron chi connectivity index (χ2n) is 9.76. The average molecular weight is 551 g/mol. The van der Waals surface area contributed by atoms with Crippen molar-refractivity contribution in [2.24, 2.45) is 5.92 Å². The number of hydrogen-bond acceptors (Lipinski definition) is 5. The standard InChI is InChI=1S/C33H30N2O6/c1-40-25-17-13-22(14-18-25)29-28(31(36)23-15-19-26(41-2)20-16-23)27(21-9-5-3-6-10-21)30(32(37)38)35(29)33(39)34-24-11-7-4-8-12-24/h3-20,27-30H,1-2H3,(H,34,39)(H,37,38). The Bertz CT molecular complexity index is 1510. The molecule has 0 bridgehead atoms. The second-order valence-corrected chi connectivity index (χ2v) is 9.76. The molecule has 0 aromatic heterocycles. The molecule has 4 aromatic carbocycles. The van der Waals surface area contributed by atoms with Crippen molar-refractivity contribution in [1.82, 2.24) is 4.90 Å². The van der Waals surface area contributed by atoms with Crippen LogP contribution >= 0.6 is 0 Å². The van der Waals surface area contributed by atoms with E-state index in [4.69, 9.17) is 9.47 Å². The molecule has 1 fully saturated rings. The highest BCUT2D eigenvalue weighted by Crippen LogP contribution is 2.51. The third-order valence-corrected chi connectivity index (χ3v) is 7.50. The lowest BCUT2D eigenvalue weighted by Crippen LogP contribution is -2.45. The maximum atomic E-state index is 14.4. The smallest absolute Gasteiger partial charge is 0.327 e. The van der Waals surface area contributed by atoms with Gasteiger partial charge < -0.3 is 24.8 Å². The van der Waals surface area contributed by atoms with Crippen LogP contribution in [0.15, 0.2) is 109 Å². The zero-order valence-electron chi connectivity index (χ0n) is 22.6. The van der Waals surface area contributed by atoms with E-state index < -0.39 is 35.9 Å². The molecule has 1 saturated heterocycles. The number of carbonyl (C=O) groups excluding carboxylic acids is 2. The Morgan fingerprint density at radius 3 is 1.78 bits per heavy atom. The quantitative estimate of drug-likeness (QED) is 0.260. The lowest BCUT2D eigenvalue weighted by Gasteiger charge is -2.30. The fourth-order valence-corrected chi connectivity index (χ4v) is 5.63. The summed E-state index contributed by atoms with van der Waals surface area (Å²) in [5, 5.41) is 13.5. The van der Waals surface area contributed by atoms with E-state index in [1.807, 2.05) is 12.1 Å². The molecule has 0 aliphatic carbocycles. The molecule has 0 saturated carbocycles. The van der Waals surface area contributed by atoms with Crippen molar-refractivity contribution >= 4 is 23.5 Å². The molecule has 5 rings (SSSR count). The third kappa shape index (κ3) is 5.49. The van der Waals surface area contributed by atoms with Gasteiger partial charge in [0.15, 0.2) is 5.78 Å². The maximum absolute atomic E-state index is 14.4. The van der Waals surface area contributed by atoms with E-state index in [9.17, 15) is 19.5 Å². The van der Waals surface area contributed by atoms with Gasteiger partial charge >= 0.3 is 12.0 Å². The molecule has 8 nitrogen and oxygen atoms in total. The van der Waals surface area contributed by atoms with Gasteiger partial charge in [-0.05, 0) is 59.7 Å². The Morgan fingerprint density at radius 2 is 1.24 bits per heavy atom. The number of carbonyl (C=O) groups is 3. The zero-order chi connectivity index (χ0) is 28.9. The normalized spacial score (nSPS) is 19.8. The molecule has 8 heteroatoms. The molecule has 4 unspecified atom stereocenters. The fraction of sp³-hybridized carbons (Fsp3) is 0.182. The van der Waals surface area contributed by atoms with Crippen LogP contribution in [0.4, 0.5) is 10.5 Å². The number of benzene rings is 4. The van der Waals surface area contributed by atoms with Gasteiger partial charge in [0.25, 0.3) is 0 Å². The van der Waals surface area contributed by atoms with E-state index in [-0.39, 0.29) is 5.78 Å². The molecule has 1 heterocycles. The number of ketones is 1. The zero-order valence-corrected chi connectivity index (χ0v) is 22.6. The van der Waals surface area contributed by atoms with Crippen molar-refractivity contribution in [2.45, 2.75) is 18.0 Å². The summed E-state index contributed by atoms with van der Waals surface area (Å²) in [6.07, 6.45) is 0. The number of anilines is 1. The first kappa shape index (κ1) is 27.5. The molecule has 4 aromatic rings. The number of urea groups is 1. The van der Waals surface area contributed by atoms with Crippen LogP contribution in [0.2, 0.25) is 0 Å². The van der Waals surface area contributed by atoms with Crippen LogP contribution in [-0.2, 0) is 4.79 Å². The van der Waals surface area contributed by atoms with Gasteiger partial charge in [-0.3, -0.25) is 4.79 Å². The van der Waals surface area contributed by atoms with Crippen molar-refractivity contribution in [3.8, 4) is 11.5 Å². The van der Waals surface area contributed by atoms with Gasteiger partial charge in [0, 0.05) is 17.2 Å². The minimum atomic E-state index is -1.33. The minimum Gasteiger partial charge on any atom is -0.497 e. The number of likely N-dealkylation sites (tertiary alicyclic amines) is 1. The topological polar surface area (TPSA) is 105 Å². The first-order valence-electron chi connectivity index (χ1n) is 13.2. The lowest BCUT2D eigenvalue weighted by atomic mass is 9.76. The molecule has 0 radical (unpaired) electrons. The van der Waals surface area contributed by atoms with Gasteiger partial charge in [-0.2, -0.15) is 0 Å². The number of rotatable bonds is 8. The van der Waals surface area contributed by atoms with Crippen LogP contribution in [0.1, 0.15) is 33.4 Å². The van der Waals surface area contributed by atoms with E-state index >= 15 is 0 Å². The number of nitrogens with one attached hydrogen (secondary N) is 1. The SMILES string of the molecule is COc1ccc(C(=O)C2C(c3ccccc3)C(C(=O)O)N(C(=O)Nc3ccccc3)C2c2ccc(OC)cc2)cc1. The van der Waals surface area contributed by atoms with Gasteiger partial charge in [-0.15, -0.1) is 0 Å². The summed E-state index contributed by atoms with van der Waals surface area (Å²) in [5.74, 6) is -2.04. The van der Waals surface area contributed by atoms with Crippen molar-refractivity contribution < 1.29 is 29.0 Å². The number of nitrogens with zero attached hydrogens (tertiary/aromatic N) is 1. The average Bonchev–Trinajstić information content (AvgIpc) is 3.38. The molecule has 208 valence electrons. The van der Waals surface area contributed by atoms with Crippen LogP contribution in [0.5, 0.6) is 11.5 Å². The Morgan fingerprint density at radius 1 is 0.707 bits per heavy atom. The van der Waals surface area contributed by atoms with E-state index in [1.165, 1.54) is 4.90 Å². The summed E-state index contributed by atoms with van der Waals surface area (Å²) >= 11 is 0. The van der Waals surface area contributed by atoms with Crippen molar-refractivity contribution in [3.63, 3.8) is 0 Å². The molecular weight excluding hydrogens is 520 g/mol. The second kappa shape index (κ2) is 12.0. The van der Waals surface area contributed by atoms with E-state index in [1.54, 1.807) is 111 Å². The Balaban J connectivity index is 1.70. The molecular formula is C33H30N2O6. The minimum absolute atomic E-state index is 0.274. The number of aliphatic carboxylic acids is 1. The van der Waals surface area contributed by atoms with E-state index in [0.29, 0.717) is 33.9 Å². The van der Waals surface area contributed by atoms with Crippen molar-refractivity contribution in [1.29, 1.82) is 0 Å². The maximum Gasteiger partial charge on any atom is 0.327 e. The van der Waals surface area contributed by atoms with E-state index in [0.717, 1.165) is 0 Å². The molecule has 2 amide bonds. The van der Waals surface area contributed by atoms with Crippen molar-refractivity contribution in [2.75, 3.05) is 19.5 Å². The fourth-order valence-electron chi connectivity index (χ4n) is 5.63. The van der Waals surface area contributed by atoms with Gasteiger partial charge in [0.1, 0.15) is 17.5 Å². The van der Waals surface area contributed by atoms with Crippen LogP contribution < -0.4 is 14.8 Å². The summed E-state index contributed by atoms with van der Waals surface area (Å²) in [6.45, 7) is 0. The highest BCUT2D eigenvalue weighted by Gasteiger charge is 2.57. The number of ether oxygens (including phenoxy) is 2. The monoisotopic (exact) mass is 550 g/mol. The van der Waals surface area contributed by atoms with Crippen LogP contribution in [-0.4, -0.2) is 48.1 Å². The number of hydrogen-bond donors (Lipinski definition) is 2. The molecule has 2 N–H and O–H groups in total. The highest BCUT2D eigenvalue weighted by molar-refractivity contribution is 6.02. The van der Waals surface area contributed by atoms with E-state index in [2.05, 4.69) is 5.32 Å². The molecule has 1 aliphatic rings. The Kier molecular flexibility index (Phi) is 8.01. The van der Waals surface area contributed by atoms with Crippen LogP contribution in [0.3, 0.4) is 0 Å². The molecule has 0 spiro atoms. The first-order chi connectivity index (χ1) is 19.9. The number of amides is 2. The van der Waals surface area contributed by atoms with Crippen molar-refractivity contribution in [3.05, 3.63) is 126 Å². The Labute approximate surface area is 238 Å². The largest absolute Gasteiger partial charge is 0.497 e. The predicted octanol–water partition coefficient (Wildman–Crippen LogP) is 6.03. The predicted molar refractivity (Wildman–Crippen MR) is 154 cm³/mol. The summed E-state index contributed by atoms with van der Waals surface area (Å²) in [7, 11) is 3.09. The summed E-state index contributed by atoms with van der Waals surface area (Å²) in [4.78, 5) is 42.8. The number of methoxy groups -OCH3 is 2. The van der Waals surface area contributed by atoms with Crippen LogP contribution in [0.25, 0.3) is 0 Å². The third-order valence-electron chi connectivity index (χ3n) is 7.50. The molecule has 4 atom stereocenters. The number of carboxylic acid groups (broad SMARTS) is 1. The number of Topliss-reactive ketones (excluding diaryl/α,β-unsaturated/α-hetero) is 1. The summed E-state index contributed by atoms with van der Waals surface area (Å²) in [5.41, 5.74) is 2.17. The van der Waals surface area contributed by atoms with Gasteiger partial charge in [0.05, 0.1) is 26.2 Å². The number of carboxylic acids is 1. The molecule has 41 heavy (non-hydrogen) atoms. The molecule has 1 aliphatic heterocycles. The van der Waals surface area contributed by atoms with Gasteiger partial charge in [0.2, 0.25) is 0 Å². The number of para-hydroxylation sites is 1. The summed E-state index contributed by atoms with van der Waals surface area (Å²) in [6, 6.07) is 28.7. The first-order valence-corrected chi connectivity index (χ1v) is 13.2. The lowest BCUT2D eigenvalue weighted by molar-refractivity contribution is -0.142. The highest BCUT2D eigenvalue weighted by atomic mass is 16.5. The van der Waals surface area contributed by atoms with Gasteiger partial charge in [-0.1, -0.05) is 60.7 Å². The van der Waals surface area contributed by atoms with Gasteiger partial charge in [-0.25, -0.2) is 9.59 Å².